The zero-order valence-corrected chi connectivity index (χ0v) is 11.3. The lowest BCUT2D eigenvalue weighted by molar-refractivity contribution is 0.0944. The summed E-state index contributed by atoms with van der Waals surface area (Å²) in [5.74, 6) is 2.38. The largest absolute Gasteiger partial charge is 0.398 e. The van der Waals surface area contributed by atoms with Crippen LogP contribution < -0.4 is 11.1 Å². The van der Waals surface area contributed by atoms with E-state index >= 15 is 0 Å². The Bertz CT molecular complexity index is 451. The maximum absolute atomic E-state index is 11.9. The third-order valence-electron chi connectivity index (χ3n) is 2.35. The van der Waals surface area contributed by atoms with Gasteiger partial charge in [-0.05, 0) is 40.5 Å². The van der Waals surface area contributed by atoms with Crippen LogP contribution in [0.3, 0.4) is 0 Å². The first-order chi connectivity index (χ1) is 8.08. The van der Waals surface area contributed by atoms with Crippen molar-refractivity contribution in [1.29, 1.82) is 0 Å². The molecule has 3 nitrogen and oxygen atoms in total. The summed E-state index contributed by atoms with van der Waals surface area (Å²) in [6.45, 7) is 2.02. The molecule has 0 aliphatic rings. The Hall–Kier alpha value is -1.47. The van der Waals surface area contributed by atoms with Crippen molar-refractivity contribution in [3.63, 3.8) is 0 Å². The number of anilines is 1. The monoisotopic (exact) mass is 294 g/mol. The smallest absolute Gasteiger partial charge is 0.252 e. The van der Waals surface area contributed by atoms with Crippen LogP contribution in [0.4, 0.5) is 5.69 Å². The highest BCUT2D eigenvalue weighted by Gasteiger charge is 2.11. The van der Waals surface area contributed by atoms with Gasteiger partial charge in [0.25, 0.3) is 5.91 Å². The average Bonchev–Trinajstić information content (AvgIpc) is 2.31. The predicted octanol–water partition coefficient (Wildman–Crippen LogP) is 2.56. The molecular weight excluding hydrogens is 280 g/mol. The summed E-state index contributed by atoms with van der Waals surface area (Å²) in [6, 6.07) is 4.83. The highest BCUT2D eigenvalue weighted by atomic mass is 79.9. The number of nitrogens with two attached hydrogens (primary N) is 1. The van der Waals surface area contributed by atoms with Crippen molar-refractivity contribution in [2.24, 2.45) is 0 Å². The van der Waals surface area contributed by atoms with E-state index in [-0.39, 0.29) is 11.9 Å². The topological polar surface area (TPSA) is 55.1 Å². The molecule has 0 aromatic heterocycles. The van der Waals surface area contributed by atoms with E-state index in [1.807, 2.05) is 6.92 Å². The second-order valence-electron chi connectivity index (χ2n) is 3.72. The molecule has 0 heterocycles. The van der Waals surface area contributed by atoms with Crippen LogP contribution in [0.15, 0.2) is 22.7 Å². The standard InChI is InChI=1S/C13H15BrN2O/c1-3-5-10(4-2)16-13(17)9-6-7-12(15)11(14)8-9/h2,6-8,10H,3,5,15H2,1H3,(H,16,17). The lowest BCUT2D eigenvalue weighted by Crippen LogP contribution is -2.33. The molecule has 90 valence electrons. The van der Waals surface area contributed by atoms with Crippen molar-refractivity contribution in [2.45, 2.75) is 25.8 Å². The fourth-order valence-electron chi connectivity index (χ4n) is 1.40. The molecule has 1 atom stereocenters. The van der Waals surface area contributed by atoms with Gasteiger partial charge in [-0.15, -0.1) is 6.42 Å². The minimum absolute atomic E-state index is 0.179. The molecule has 0 radical (unpaired) electrons. The molecule has 1 aromatic carbocycles. The van der Waals surface area contributed by atoms with Gasteiger partial charge < -0.3 is 11.1 Å². The first-order valence-electron chi connectivity index (χ1n) is 5.40. The molecule has 0 fully saturated rings. The van der Waals surface area contributed by atoms with Gasteiger partial charge in [-0.1, -0.05) is 19.3 Å². The molecule has 0 aliphatic carbocycles. The molecular formula is C13H15BrN2O. The number of nitrogen functional groups attached to an aromatic ring is 1. The fraction of sp³-hybridized carbons (Fsp3) is 0.308. The van der Waals surface area contributed by atoms with Gasteiger partial charge in [0.15, 0.2) is 0 Å². The number of amides is 1. The molecule has 1 unspecified atom stereocenters. The molecule has 0 saturated heterocycles. The number of hydrogen-bond acceptors (Lipinski definition) is 2. The van der Waals surface area contributed by atoms with Crippen molar-refractivity contribution >= 4 is 27.5 Å². The number of carbonyl (C=O) groups is 1. The Labute approximate surface area is 110 Å². The molecule has 0 aliphatic heterocycles. The summed E-state index contributed by atoms with van der Waals surface area (Å²) in [6.07, 6.45) is 7.05. The van der Waals surface area contributed by atoms with Crippen LogP contribution in [0, 0.1) is 12.3 Å². The van der Waals surface area contributed by atoms with Crippen LogP contribution in [0.2, 0.25) is 0 Å². The number of halogens is 1. The van der Waals surface area contributed by atoms with Crippen molar-refractivity contribution in [3.8, 4) is 12.3 Å². The SMILES string of the molecule is C#CC(CCC)NC(=O)c1ccc(N)c(Br)c1. The van der Waals surface area contributed by atoms with Crippen molar-refractivity contribution in [3.05, 3.63) is 28.2 Å². The van der Waals surface area contributed by atoms with Crippen molar-refractivity contribution < 1.29 is 4.79 Å². The van der Waals surface area contributed by atoms with Gasteiger partial charge >= 0.3 is 0 Å². The number of nitrogens with one attached hydrogen (secondary N) is 1. The van der Waals surface area contributed by atoms with Gasteiger partial charge in [0.05, 0.1) is 6.04 Å². The number of carbonyl (C=O) groups excluding carboxylic acids is 1. The molecule has 0 bridgehead atoms. The van der Waals surface area contributed by atoms with Crippen LogP contribution in [0.5, 0.6) is 0 Å². The van der Waals surface area contributed by atoms with E-state index in [4.69, 9.17) is 12.2 Å². The average molecular weight is 295 g/mol. The third-order valence-corrected chi connectivity index (χ3v) is 3.03. The quantitative estimate of drug-likeness (QED) is 0.662. The van der Waals surface area contributed by atoms with Gasteiger partial charge in [-0.25, -0.2) is 0 Å². The van der Waals surface area contributed by atoms with Crippen LogP contribution in [0.25, 0.3) is 0 Å². The van der Waals surface area contributed by atoms with E-state index in [0.29, 0.717) is 15.7 Å². The molecule has 1 rings (SSSR count). The Morgan fingerprint density at radius 1 is 1.65 bits per heavy atom. The molecule has 0 saturated carbocycles. The highest BCUT2D eigenvalue weighted by Crippen LogP contribution is 2.20. The summed E-state index contributed by atoms with van der Waals surface area (Å²) in [7, 11) is 0. The zero-order valence-electron chi connectivity index (χ0n) is 9.66. The third kappa shape index (κ3) is 3.79. The summed E-state index contributed by atoms with van der Waals surface area (Å²) in [4.78, 5) is 11.9. The summed E-state index contributed by atoms with van der Waals surface area (Å²) in [5.41, 5.74) is 6.80. The highest BCUT2D eigenvalue weighted by molar-refractivity contribution is 9.10. The first kappa shape index (κ1) is 13.6. The minimum Gasteiger partial charge on any atom is -0.398 e. The maximum Gasteiger partial charge on any atom is 0.252 e. The van der Waals surface area contributed by atoms with E-state index in [9.17, 15) is 4.79 Å². The van der Waals surface area contributed by atoms with Gasteiger partial charge in [0.1, 0.15) is 0 Å². The second-order valence-corrected chi connectivity index (χ2v) is 4.57. The Morgan fingerprint density at radius 3 is 2.88 bits per heavy atom. The molecule has 0 spiro atoms. The fourth-order valence-corrected chi connectivity index (χ4v) is 1.77. The number of terminal acetylenes is 1. The van der Waals surface area contributed by atoms with Crippen LogP contribution in [-0.4, -0.2) is 11.9 Å². The lowest BCUT2D eigenvalue weighted by atomic mass is 10.1. The zero-order chi connectivity index (χ0) is 12.8. The minimum atomic E-state index is -0.219. The van der Waals surface area contributed by atoms with Crippen LogP contribution in [0.1, 0.15) is 30.1 Å². The first-order valence-corrected chi connectivity index (χ1v) is 6.19. The van der Waals surface area contributed by atoms with Gasteiger partial charge in [-0.3, -0.25) is 4.79 Å². The van der Waals surface area contributed by atoms with Gasteiger partial charge in [-0.2, -0.15) is 0 Å². The number of hydrogen-bond donors (Lipinski definition) is 2. The molecule has 17 heavy (non-hydrogen) atoms. The van der Waals surface area contributed by atoms with Gasteiger partial charge in [0, 0.05) is 15.7 Å². The Kier molecular flexibility index (Phi) is 5.05. The van der Waals surface area contributed by atoms with E-state index < -0.39 is 0 Å². The van der Waals surface area contributed by atoms with Crippen molar-refractivity contribution in [2.75, 3.05) is 5.73 Å². The van der Waals surface area contributed by atoms with Crippen molar-refractivity contribution in [1.82, 2.24) is 5.32 Å². The second kappa shape index (κ2) is 6.31. The molecule has 3 N–H and O–H groups in total. The van der Waals surface area contributed by atoms with E-state index in [0.717, 1.165) is 12.8 Å². The molecule has 1 aromatic rings. The lowest BCUT2D eigenvalue weighted by Gasteiger charge is -2.12. The molecule has 4 heteroatoms. The normalized spacial score (nSPS) is 11.6. The summed E-state index contributed by atoms with van der Waals surface area (Å²) in [5, 5.41) is 2.79. The van der Waals surface area contributed by atoms with Crippen LogP contribution >= 0.6 is 15.9 Å². The maximum atomic E-state index is 11.9. The van der Waals surface area contributed by atoms with E-state index in [1.165, 1.54) is 0 Å². The summed E-state index contributed by atoms with van der Waals surface area (Å²) >= 11 is 3.28. The van der Waals surface area contributed by atoms with Gasteiger partial charge in [0.2, 0.25) is 0 Å². The Morgan fingerprint density at radius 2 is 2.35 bits per heavy atom. The number of benzene rings is 1. The van der Waals surface area contributed by atoms with E-state index in [1.54, 1.807) is 18.2 Å². The summed E-state index contributed by atoms with van der Waals surface area (Å²) < 4.78 is 0.706. The molecule has 1 amide bonds. The number of rotatable bonds is 4. The predicted molar refractivity (Wildman–Crippen MR) is 73.5 cm³/mol. The Balaban J connectivity index is 2.76. The van der Waals surface area contributed by atoms with Crippen LogP contribution in [-0.2, 0) is 0 Å². The van der Waals surface area contributed by atoms with E-state index in [2.05, 4.69) is 27.2 Å².